The van der Waals surface area contributed by atoms with Crippen molar-refractivity contribution in [1.82, 2.24) is 0 Å². The number of hydrogen-bond donors (Lipinski definition) is 1. The van der Waals surface area contributed by atoms with Gasteiger partial charge in [0.25, 0.3) is 0 Å². The van der Waals surface area contributed by atoms with Crippen molar-refractivity contribution in [1.29, 1.82) is 0 Å². The summed E-state index contributed by atoms with van der Waals surface area (Å²) in [6, 6.07) is 8.24. The van der Waals surface area contributed by atoms with Crippen molar-refractivity contribution in [2.24, 2.45) is 0 Å². The van der Waals surface area contributed by atoms with Gasteiger partial charge in [0.05, 0.1) is 6.10 Å². The van der Waals surface area contributed by atoms with Gasteiger partial charge in [0, 0.05) is 4.90 Å². The van der Waals surface area contributed by atoms with Crippen LogP contribution in [0.25, 0.3) is 0 Å². The second-order valence-electron chi connectivity index (χ2n) is 4.51. The summed E-state index contributed by atoms with van der Waals surface area (Å²) < 4.78 is 0. The first-order chi connectivity index (χ1) is 8.24. The molecule has 0 amide bonds. The summed E-state index contributed by atoms with van der Waals surface area (Å²) in [7, 11) is 0. The van der Waals surface area contributed by atoms with Crippen LogP contribution in [-0.4, -0.2) is 10.9 Å². The Labute approximate surface area is 110 Å². The Morgan fingerprint density at radius 3 is 2.65 bits per heavy atom. The van der Waals surface area contributed by atoms with Crippen LogP contribution < -0.4 is 0 Å². The van der Waals surface area contributed by atoms with Crippen LogP contribution in [0, 0.1) is 0 Å². The molecule has 0 spiro atoms. The molecule has 0 fully saturated rings. The van der Waals surface area contributed by atoms with Crippen LogP contribution in [0.2, 0.25) is 0 Å². The highest BCUT2D eigenvalue weighted by molar-refractivity contribution is 7.99. The SMILES string of the molecule is CCCCCCCSc1cccc(C(C)O)c1. The number of aliphatic hydroxyl groups excluding tert-OH is 1. The molecule has 1 N–H and O–H groups in total. The zero-order chi connectivity index (χ0) is 12.5. The van der Waals surface area contributed by atoms with Gasteiger partial charge in [-0.15, -0.1) is 11.8 Å². The van der Waals surface area contributed by atoms with Gasteiger partial charge in [-0.3, -0.25) is 0 Å². The third kappa shape index (κ3) is 6.13. The molecule has 1 aromatic carbocycles. The van der Waals surface area contributed by atoms with Crippen molar-refractivity contribution in [3.8, 4) is 0 Å². The van der Waals surface area contributed by atoms with Gasteiger partial charge in [-0.1, -0.05) is 44.7 Å². The molecule has 1 atom stereocenters. The highest BCUT2D eigenvalue weighted by Crippen LogP contribution is 2.23. The molecule has 0 saturated heterocycles. The van der Waals surface area contributed by atoms with Gasteiger partial charge >= 0.3 is 0 Å². The number of aliphatic hydroxyl groups is 1. The largest absolute Gasteiger partial charge is 0.389 e. The molecular formula is C15H24OS. The fraction of sp³-hybridized carbons (Fsp3) is 0.600. The van der Waals surface area contributed by atoms with E-state index in [1.165, 1.54) is 42.8 Å². The molecule has 0 saturated carbocycles. The Morgan fingerprint density at radius 1 is 1.18 bits per heavy atom. The molecule has 2 heteroatoms. The molecule has 0 aliphatic heterocycles. The van der Waals surface area contributed by atoms with E-state index < -0.39 is 0 Å². The Bertz CT molecular complexity index is 310. The molecule has 0 aromatic heterocycles. The van der Waals surface area contributed by atoms with Crippen LogP contribution in [0.3, 0.4) is 0 Å². The second kappa shape index (κ2) is 8.60. The first-order valence-electron chi connectivity index (χ1n) is 6.65. The highest BCUT2D eigenvalue weighted by atomic mass is 32.2. The van der Waals surface area contributed by atoms with E-state index in [1.54, 1.807) is 0 Å². The number of benzene rings is 1. The summed E-state index contributed by atoms with van der Waals surface area (Å²) >= 11 is 1.90. The van der Waals surface area contributed by atoms with E-state index in [-0.39, 0.29) is 6.10 Å². The van der Waals surface area contributed by atoms with Crippen LogP contribution in [-0.2, 0) is 0 Å². The standard InChI is InChI=1S/C15H24OS/c1-3-4-5-6-7-11-17-15-10-8-9-14(12-15)13(2)16/h8-10,12-13,16H,3-7,11H2,1-2H3. The topological polar surface area (TPSA) is 20.2 Å². The van der Waals surface area contributed by atoms with Crippen LogP contribution in [0.1, 0.15) is 57.6 Å². The van der Waals surface area contributed by atoms with Crippen molar-refractivity contribution in [3.63, 3.8) is 0 Å². The number of rotatable bonds is 8. The first kappa shape index (κ1) is 14.6. The monoisotopic (exact) mass is 252 g/mol. The first-order valence-corrected chi connectivity index (χ1v) is 7.63. The van der Waals surface area contributed by atoms with E-state index in [0.717, 1.165) is 5.56 Å². The predicted octanol–water partition coefficient (Wildman–Crippen LogP) is 4.80. The lowest BCUT2D eigenvalue weighted by Crippen LogP contribution is -1.90. The lowest BCUT2D eigenvalue weighted by atomic mass is 10.1. The molecule has 0 aliphatic carbocycles. The fourth-order valence-corrected chi connectivity index (χ4v) is 2.74. The molecule has 1 rings (SSSR count). The second-order valence-corrected chi connectivity index (χ2v) is 5.68. The number of thioether (sulfide) groups is 1. The van der Waals surface area contributed by atoms with E-state index in [9.17, 15) is 5.11 Å². The lowest BCUT2D eigenvalue weighted by Gasteiger charge is -2.07. The summed E-state index contributed by atoms with van der Waals surface area (Å²) in [5, 5.41) is 9.51. The molecule has 1 aromatic rings. The molecule has 0 heterocycles. The maximum Gasteiger partial charge on any atom is 0.0762 e. The Kier molecular flexibility index (Phi) is 7.38. The van der Waals surface area contributed by atoms with Crippen molar-refractivity contribution < 1.29 is 5.11 Å². The van der Waals surface area contributed by atoms with Crippen LogP contribution in [0.5, 0.6) is 0 Å². The summed E-state index contributed by atoms with van der Waals surface area (Å²) in [5.74, 6) is 1.19. The van der Waals surface area contributed by atoms with Gasteiger partial charge in [0.1, 0.15) is 0 Å². The highest BCUT2D eigenvalue weighted by Gasteiger charge is 2.01. The number of unbranched alkanes of at least 4 members (excludes halogenated alkanes) is 4. The number of hydrogen-bond acceptors (Lipinski definition) is 2. The molecule has 17 heavy (non-hydrogen) atoms. The van der Waals surface area contributed by atoms with Gasteiger partial charge in [0.15, 0.2) is 0 Å². The molecule has 1 unspecified atom stereocenters. The van der Waals surface area contributed by atoms with Gasteiger partial charge in [0.2, 0.25) is 0 Å². The molecule has 1 nitrogen and oxygen atoms in total. The van der Waals surface area contributed by atoms with E-state index in [0.29, 0.717) is 0 Å². The Balaban J connectivity index is 2.24. The Hall–Kier alpha value is -0.470. The molecule has 0 aliphatic rings. The van der Waals surface area contributed by atoms with Crippen molar-refractivity contribution >= 4 is 11.8 Å². The average Bonchev–Trinajstić information content (AvgIpc) is 2.34. The van der Waals surface area contributed by atoms with Gasteiger partial charge in [-0.2, -0.15) is 0 Å². The quantitative estimate of drug-likeness (QED) is 0.529. The van der Waals surface area contributed by atoms with E-state index in [2.05, 4.69) is 19.1 Å². The van der Waals surface area contributed by atoms with E-state index >= 15 is 0 Å². The zero-order valence-electron chi connectivity index (χ0n) is 11.0. The predicted molar refractivity (Wildman–Crippen MR) is 76.6 cm³/mol. The van der Waals surface area contributed by atoms with Crippen LogP contribution >= 0.6 is 11.8 Å². The van der Waals surface area contributed by atoms with Gasteiger partial charge in [-0.25, -0.2) is 0 Å². The summed E-state index contributed by atoms with van der Waals surface area (Å²) in [5.41, 5.74) is 1.01. The molecule has 0 radical (unpaired) electrons. The zero-order valence-corrected chi connectivity index (χ0v) is 11.8. The smallest absolute Gasteiger partial charge is 0.0762 e. The van der Waals surface area contributed by atoms with E-state index in [4.69, 9.17) is 0 Å². The summed E-state index contributed by atoms with van der Waals surface area (Å²) in [6.45, 7) is 4.06. The third-order valence-corrected chi connectivity index (χ3v) is 3.94. The molecule has 0 bridgehead atoms. The summed E-state index contributed by atoms with van der Waals surface area (Å²) in [6.07, 6.45) is 6.32. The minimum atomic E-state index is -0.361. The molecular weight excluding hydrogens is 228 g/mol. The maximum atomic E-state index is 9.51. The minimum absolute atomic E-state index is 0.361. The van der Waals surface area contributed by atoms with Gasteiger partial charge < -0.3 is 5.11 Å². The van der Waals surface area contributed by atoms with Crippen molar-refractivity contribution in [2.75, 3.05) is 5.75 Å². The normalized spacial score (nSPS) is 12.6. The minimum Gasteiger partial charge on any atom is -0.389 e. The van der Waals surface area contributed by atoms with Crippen molar-refractivity contribution in [3.05, 3.63) is 29.8 Å². The summed E-state index contributed by atoms with van der Waals surface area (Å²) in [4.78, 5) is 1.28. The third-order valence-electron chi connectivity index (χ3n) is 2.86. The van der Waals surface area contributed by atoms with Gasteiger partial charge in [-0.05, 0) is 36.8 Å². The molecule has 96 valence electrons. The van der Waals surface area contributed by atoms with Crippen molar-refractivity contribution in [2.45, 2.75) is 57.0 Å². The average molecular weight is 252 g/mol. The van der Waals surface area contributed by atoms with Crippen LogP contribution in [0.15, 0.2) is 29.2 Å². The Morgan fingerprint density at radius 2 is 1.94 bits per heavy atom. The van der Waals surface area contributed by atoms with E-state index in [1.807, 2.05) is 30.8 Å². The fourth-order valence-electron chi connectivity index (χ4n) is 1.76. The van der Waals surface area contributed by atoms with Crippen LogP contribution in [0.4, 0.5) is 0 Å². The maximum absolute atomic E-state index is 9.51. The lowest BCUT2D eigenvalue weighted by molar-refractivity contribution is 0.199.